The third-order valence-corrected chi connectivity index (χ3v) is 12.4. The molecule has 10 nitrogen and oxygen atoms in total. The molecule has 4 aliphatic rings. The molecule has 3 aliphatic heterocycles. The summed E-state index contributed by atoms with van der Waals surface area (Å²) in [6.07, 6.45) is 10.4. The molecule has 0 spiro atoms. The number of allylic oxidation sites excluding steroid dienone is 1. The number of nitrogens with one attached hydrogen (secondary N) is 1. The summed E-state index contributed by atoms with van der Waals surface area (Å²) in [4.78, 5) is 30.9. The van der Waals surface area contributed by atoms with E-state index in [-0.39, 0.29) is 18.3 Å². The van der Waals surface area contributed by atoms with Crippen LogP contribution in [0.3, 0.4) is 0 Å². The molecule has 0 aromatic heterocycles. The van der Waals surface area contributed by atoms with Crippen molar-refractivity contribution in [2.45, 2.75) is 70.9 Å². The smallest absolute Gasteiger partial charge is 0.286 e. The van der Waals surface area contributed by atoms with E-state index in [0.29, 0.717) is 55.7 Å². The molecule has 2 aromatic carbocycles. The maximum atomic E-state index is 14.0. The Hall–Kier alpha value is -2.96. The van der Waals surface area contributed by atoms with Gasteiger partial charge in [-0.05, 0) is 98.2 Å². The lowest BCUT2D eigenvalue weighted by atomic mass is 9.70. The van der Waals surface area contributed by atoms with E-state index >= 15 is 0 Å². The number of carbonyl (C=O) groups is 2. The van der Waals surface area contributed by atoms with Crippen LogP contribution in [0.25, 0.3) is 0 Å². The van der Waals surface area contributed by atoms with Crippen molar-refractivity contribution in [1.29, 1.82) is 0 Å². The maximum absolute atomic E-state index is 14.0. The van der Waals surface area contributed by atoms with E-state index < -0.39 is 21.7 Å². The van der Waals surface area contributed by atoms with Crippen LogP contribution in [-0.2, 0) is 37.1 Å². The zero-order chi connectivity index (χ0) is 34.9. The number of aryl methyl sites for hydroxylation is 1. The van der Waals surface area contributed by atoms with Crippen LogP contribution in [0, 0.1) is 11.8 Å². The second-order valence-corrected chi connectivity index (χ2v) is 16.3. The van der Waals surface area contributed by atoms with Gasteiger partial charge in [0.25, 0.3) is 5.91 Å². The van der Waals surface area contributed by atoms with E-state index in [0.717, 1.165) is 82.2 Å². The fourth-order valence-electron chi connectivity index (χ4n) is 7.24. The third-order valence-electron chi connectivity index (χ3n) is 10.3. The van der Waals surface area contributed by atoms with E-state index in [1.54, 1.807) is 13.0 Å². The fraction of sp³-hybridized carbons (Fsp3) is 0.579. The van der Waals surface area contributed by atoms with Crippen molar-refractivity contribution >= 4 is 39.0 Å². The van der Waals surface area contributed by atoms with Gasteiger partial charge in [-0.25, -0.2) is 4.21 Å². The first kappa shape index (κ1) is 36.8. The molecule has 1 aliphatic carbocycles. The van der Waals surface area contributed by atoms with Crippen LogP contribution in [0.5, 0.6) is 5.75 Å². The van der Waals surface area contributed by atoms with Gasteiger partial charge in [0.1, 0.15) is 15.7 Å². The van der Waals surface area contributed by atoms with E-state index in [9.17, 15) is 13.8 Å². The van der Waals surface area contributed by atoms with Gasteiger partial charge in [0.15, 0.2) is 0 Å². The standard InChI is InChI=1S/C38H51ClN4O6S/c1-2-37(44)40-50(46)23-7-3-4-9-35(49-22-18-42-16-20-47-21-17-42)33-14-11-31(33)27-43-26-30-10-13-32(39)24-28(30)8-5-6-19-48-36-15-12-29(25-34(36)43)38(45)41-50/h4,9-10,12-13,15,24-25,31,33,35H,2-3,5-8,11,14,16-23,26-27H2,1H3,(H,40,41,44,45,46)/b9-4+/t31-,33+,35-,50?/m0/s1. The van der Waals surface area contributed by atoms with Gasteiger partial charge in [-0.15, -0.1) is 4.36 Å². The van der Waals surface area contributed by atoms with Crippen LogP contribution < -0.4 is 14.4 Å². The number of fused-ring (bicyclic) bond motifs is 3. The number of morpholine rings is 1. The van der Waals surface area contributed by atoms with Crippen molar-refractivity contribution < 1.29 is 28.0 Å². The number of benzene rings is 2. The quantitative estimate of drug-likeness (QED) is 0.351. The van der Waals surface area contributed by atoms with Gasteiger partial charge in [-0.3, -0.25) is 19.2 Å². The molecule has 4 atom stereocenters. The molecule has 2 fully saturated rings. The average Bonchev–Trinajstić information content (AvgIpc) is 3.12. The van der Waals surface area contributed by atoms with Gasteiger partial charge in [-0.2, -0.15) is 0 Å². The predicted octanol–water partition coefficient (Wildman–Crippen LogP) is 6.20. The van der Waals surface area contributed by atoms with Gasteiger partial charge >= 0.3 is 0 Å². The molecule has 1 N–H and O–H groups in total. The Morgan fingerprint density at radius 2 is 1.94 bits per heavy atom. The summed E-state index contributed by atoms with van der Waals surface area (Å²) >= 11 is 6.48. The lowest BCUT2D eigenvalue weighted by Crippen LogP contribution is -2.44. The van der Waals surface area contributed by atoms with Crippen molar-refractivity contribution in [3.63, 3.8) is 0 Å². The predicted molar refractivity (Wildman–Crippen MR) is 197 cm³/mol. The summed E-state index contributed by atoms with van der Waals surface area (Å²) in [6.45, 7) is 8.44. The normalized spacial score (nSPS) is 27.3. The number of anilines is 1. The number of hydrogen-bond donors (Lipinski definition) is 1. The minimum Gasteiger partial charge on any atom is -0.491 e. The first-order valence-electron chi connectivity index (χ1n) is 18.3. The van der Waals surface area contributed by atoms with Crippen LogP contribution in [0.2, 0.25) is 5.02 Å². The number of ether oxygens (including phenoxy) is 3. The van der Waals surface area contributed by atoms with Crippen molar-refractivity contribution in [3.05, 3.63) is 70.3 Å². The Labute approximate surface area is 302 Å². The molecule has 1 saturated heterocycles. The minimum atomic E-state index is -3.34. The van der Waals surface area contributed by atoms with Gasteiger partial charge in [-0.1, -0.05) is 36.7 Å². The van der Waals surface area contributed by atoms with Gasteiger partial charge in [0, 0.05) is 49.7 Å². The second-order valence-electron chi connectivity index (χ2n) is 13.8. The summed E-state index contributed by atoms with van der Waals surface area (Å²) in [7, 11) is -3.34. The summed E-state index contributed by atoms with van der Waals surface area (Å²) < 4.78 is 39.4. The highest BCUT2D eigenvalue weighted by Gasteiger charge is 2.38. The fourth-order valence-corrected chi connectivity index (χ4v) is 9.10. The molecule has 2 bridgehead atoms. The molecule has 2 amide bonds. The van der Waals surface area contributed by atoms with Crippen molar-refractivity contribution in [3.8, 4) is 5.75 Å². The first-order chi connectivity index (χ1) is 24.3. The maximum Gasteiger partial charge on any atom is 0.286 e. The van der Waals surface area contributed by atoms with Gasteiger partial charge in [0.05, 0.1) is 44.0 Å². The Balaban J connectivity index is 1.38. The van der Waals surface area contributed by atoms with Crippen LogP contribution in [0.15, 0.2) is 52.9 Å². The topological polar surface area (TPSA) is 110 Å². The summed E-state index contributed by atoms with van der Waals surface area (Å²) in [5, 5.41) is 0.722. The van der Waals surface area contributed by atoms with E-state index in [2.05, 4.69) is 43.2 Å². The highest BCUT2D eigenvalue weighted by atomic mass is 35.5. The summed E-state index contributed by atoms with van der Waals surface area (Å²) in [5.74, 6) is 0.442. The Bertz CT molecular complexity index is 1650. The number of amides is 2. The molecule has 6 rings (SSSR count). The number of carbonyl (C=O) groups excluding carboxylic acids is 2. The van der Waals surface area contributed by atoms with Crippen LogP contribution in [0.4, 0.5) is 5.69 Å². The number of hydrogen-bond acceptors (Lipinski definition) is 8. The lowest BCUT2D eigenvalue weighted by Gasteiger charge is -2.44. The minimum absolute atomic E-state index is 0.0600. The van der Waals surface area contributed by atoms with Crippen molar-refractivity contribution in [2.24, 2.45) is 16.2 Å². The highest BCUT2D eigenvalue weighted by molar-refractivity contribution is 7.92. The number of rotatable bonds is 6. The van der Waals surface area contributed by atoms with Crippen molar-refractivity contribution in [2.75, 3.05) is 63.3 Å². The van der Waals surface area contributed by atoms with E-state index in [4.69, 9.17) is 25.8 Å². The summed E-state index contributed by atoms with van der Waals surface area (Å²) in [5.41, 5.74) is 3.52. The summed E-state index contributed by atoms with van der Waals surface area (Å²) in [6, 6.07) is 11.5. The zero-order valence-corrected chi connectivity index (χ0v) is 30.7. The monoisotopic (exact) mass is 726 g/mol. The van der Waals surface area contributed by atoms with Crippen LogP contribution >= 0.6 is 11.6 Å². The average molecular weight is 727 g/mol. The Morgan fingerprint density at radius 1 is 1.08 bits per heavy atom. The van der Waals surface area contributed by atoms with E-state index in [1.807, 2.05) is 18.2 Å². The zero-order valence-electron chi connectivity index (χ0n) is 29.2. The molecule has 3 heterocycles. The number of halogens is 1. The molecule has 2 aromatic rings. The molecular weight excluding hydrogens is 676 g/mol. The Kier molecular flexibility index (Phi) is 12.9. The highest BCUT2D eigenvalue weighted by Crippen LogP contribution is 2.42. The second kappa shape index (κ2) is 17.5. The first-order valence-corrected chi connectivity index (χ1v) is 20.3. The molecule has 1 saturated carbocycles. The van der Waals surface area contributed by atoms with Crippen molar-refractivity contribution in [1.82, 2.24) is 9.62 Å². The largest absolute Gasteiger partial charge is 0.491 e. The number of nitrogens with zero attached hydrogens (tertiary/aromatic N) is 3. The van der Waals surface area contributed by atoms with Crippen LogP contribution in [0.1, 0.15) is 73.4 Å². The molecular formula is C38H51ClN4O6S. The third kappa shape index (κ3) is 9.67. The van der Waals surface area contributed by atoms with Gasteiger partial charge in [0.2, 0.25) is 5.91 Å². The van der Waals surface area contributed by atoms with Crippen LogP contribution in [-0.4, -0.2) is 85.4 Å². The molecule has 12 heteroatoms. The Morgan fingerprint density at radius 3 is 2.74 bits per heavy atom. The molecule has 0 radical (unpaired) electrons. The van der Waals surface area contributed by atoms with E-state index in [1.165, 1.54) is 11.1 Å². The molecule has 50 heavy (non-hydrogen) atoms. The molecule has 1 unspecified atom stereocenters. The SMILES string of the molecule is CCC(=O)NS1(=O)=NC(=O)c2ccc3c(c2)N(Cc2ccc(Cl)cc2CCCCO3)C[C@@H]2CC[C@H]2[C@@H](OCCN2CCOCC2)/C=C/CCC1. The molecule has 272 valence electrons. The lowest BCUT2D eigenvalue weighted by molar-refractivity contribution is -0.118. The van der Waals surface area contributed by atoms with Gasteiger partial charge < -0.3 is 19.1 Å².